The molecule has 0 aliphatic rings. The van der Waals surface area contributed by atoms with E-state index in [9.17, 15) is 0 Å². The second-order valence-corrected chi connectivity index (χ2v) is 11.5. The molecule has 4 aromatic carbocycles. The van der Waals surface area contributed by atoms with Crippen molar-refractivity contribution in [2.75, 3.05) is 0 Å². The number of rotatable bonds is 7. The van der Waals surface area contributed by atoms with E-state index in [2.05, 4.69) is 94.5 Å². The first kappa shape index (κ1) is 28.2. The Bertz CT molecular complexity index is 2400. The lowest BCUT2D eigenvalue weighted by molar-refractivity contribution is 1.10. The van der Waals surface area contributed by atoms with Crippen LogP contribution in [0.3, 0.4) is 0 Å². The topological polar surface area (TPSA) is 69.6 Å². The molecule has 47 heavy (non-hydrogen) atoms. The molecule has 0 spiro atoms. The van der Waals surface area contributed by atoms with E-state index in [0.29, 0.717) is 12.2 Å². The normalized spacial score (nSPS) is 12.0. The van der Waals surface area contributed by atoms with E-state index < -0.39 is 0 Å². The van der Waals surface area contributed by atoms with Crippen LogP contribution in [-0.4, -0.2) is 19.5 Å². The zero-order valence-corrected chi connectivity index (χ0v) is 25.7. The van der Waals surface area contributed by atoms with Gasteiger partial charge in [-0.2, -0.15) is 0 Å². The Labute approximate surface area is 273 Å². The van der Waals surface area contributed by atoms with Crippen LogP contribution < -0.4 is 5.73 Å². The summed E-state index contributed by atoms with van der Waals surface area (Å²) in [6, 6.07) is 46.1. The number of aromatic nitrogens is 4. The lowest BCUT2D eigenvalue weighted by atomic mass is 9.99. The second kappa shape index (κ2) is 12.2. The molecule has 0 aliphatic heterocycles. The average Bonchev–Trinajstić information content (AvgIpc) is 3.48. The number of nitrogens with two attached hydrogens (primary N) is 1. The average molecular weight is 606 g/mol. The van der Waals surface area contributed by atoms with E-state index in [1.165, 1.54) is 21.9 Å². The van der Waals surface area contributed by atoms with Gasteiger partial charge in [0.1, 0.15) is 5.82 Å². The molecular formula is C42H31N5. The number of para-hydroxylation sites is 1. The summed E-state index contributed by atoms with van der Waals surface area (Å²) >= 11 is 0. The van der Waals surface area contributed by atoms with Crippen molar-refractivity contribution in [3.05, 3.63) is 170 Å². The molecule has 0 radical (unpaired) electrons. The number of hydrogen-bond donors (Lipinski definition) is 1. The maximum atomic E-state index is 6.60. The number of nitrogens with zero attached hydrogens (tertiary/aromatic N) is 4. The van der Waals surface area contributed by atoms with Crippen molar-refractivity contribution in [2.24, 2.45) is 5.73 Å². The Morgan fingerprint density at radius 1 is 0.596 bits per heavy atom. The van der Waals surface area contributed by atoms with Crippen LogP contribution >= 0.6 is 0 Å². The van der Waals surface area contributed by atoms with E-state index in [4.69, 9.17) is 15.7 Å². The van der Waals surface area contributed by atoms with Crippen LogP contribution in [0.25, 0.3) is 72.2 Å². The van der Waals surface area contributed by atoms with E-state index in [1.54, 1.807) is 6.20 Å². The Morgan fingerprint density at radius 2 is 1.30 bits per heavy atom. The van der Waals surface area contributed by atoms with Gasteiger partial charge in [0.25, 0.3) is 0 Å². The third-order valence-electron chi connectivity index (χ3n) is 8.54. The highest BCUT2D eigenvalue weighted by molar-refractivity contribution is 6.09. The van der Waals surface area contributed by atoms with E-state index in [0.717, 1.165) is 50.1 Å². The first-order valence-corrected chi connectivity index (χ1v) is 15.7. The van der Waals surface area contributed by atoms with Crippen LogP contribution in [0.15, 0.2) is 164 Å². The molecule has 0 unspecified atom stereocenters. The molecule has 0 saturated heterocycles. The number of benzene rings is 4. The second-order valence-electron chi connectivity index (χ2n) is 11.5. The van der Waals surface area contributed by atoms with Gasteiger partial charge in [0, 0.05) is 40.8 Å². The number of fused-ring (bicyclic) bond motifs is 4. The van der Waals surface area contributed by atoms with Crippen LogP contribution in [0.1, 0.15) is 5.69 Å². The largest absolute Gasteiger partial charge is 0.385 e. The van der Waals surface area contributed by atoms with Gasteiger partial charge in [0.2, 0.25) is 0 Å². The Hall–Kier alpha value is -6.33. The molecule has 5 heteroatoms. The third-order valence-corrected chi connectivity index (χ3v) is 8.54. The fourth-order valence-electron chi connectivity index (χ4n) is 6.20. The minimum absolute atomic E-state index is 0.645. The maximum Gasteiger partial charge on any atom is 0.108 e. The van der Waals surface area contributed by atoms with Crippen molar-refractivity contribution in [1.29, 1.82) is 0 Å². The standard InChI is InChI=1S/C42H31N5/c43-42(47-40-17-5-4-13-35(40)36-28-44-26-25-41(36)47)18-6-3-11-34-12-7-15-38(45-34)39-16-8-14-37(46-39)31-22-19-30(20-23-31)33-24-21-29-9-1-2-10-32(29)27-33/h1-10,12-28H,11,43H2/b6-3-,42-18+. The molecule has 0 bridgehead atoms. The first-order chi connectivity index (χ1) is 23.2. The fourth-order valence-corrected chi connectivity index (χ4v) is 6.20. The highest BCUT2D eigenvalue weighted by Gasteiger charge is 2.11. The van der Waals surface area contributed by atoms with Gasteiger partial charge < -0.3 is 5.73 Å². The van der Waals surface area contributed by atoms with Gasteiger partial charge in [-0.3, -0.25) is 14.5 Å². The van der Waals surface area contributed by atoms with Gasteiger partial charge >= 0.3 is 0 Å². The summed E-state index contributed by atoms with van der Waals surface area (Å²) < 4.78 is 2.07. The summed E-state index contributed by atoms with van der Waals surface area (Å²) in [4.78, 5) is 14.2. The molecule has 0 aliphatic carbocycles. The molecule has 4 aromatic heterocycles. The minimum atomic E-state index is 0.645. The molecule has 8 aromatic rings. The van der Waals surface area contributed by atoms with Gasteiger partial charge in [0.05, 0.1) is 28.1 Å². The molecule has 4 heterocycles. The van der Waals surface area contributed by atoms with E-state index in [-0.39, 0.29) is 0 Å². The van der Waals surface area contributed by atoms with Crippen molar-refractivity contribution in [2.45, 2.75) is 6.42 Å². The monoisotopic (exact) mass is 605 g/mol. The molecule has 8 rings (SSSR count). The predicted octanol–water partition coefficient (Wildman–Crippen LogP) is 9.69. The van der Waals surface area contributed by atoms with Crippen LogP contribution in [0.4, 0.5) is 0 Å². The van der Waals surface area contributed by atoms with Crippen molar-refractivity contribution < 1.29 is 0 Å². The van der Waals surface area contributed by atoms with Crippen molar-refractivity contribution in [3.8, 4) is 33.8 Å². The van der Waals surface area contributed by atoms with Crippen LogP contribution in [0, 0.1) is 0 Å². The quantitative estimate of drug-likeness (QED) is 0.184. The highest BCUT2D eigenvalue weighted by Crippen LogP contribution is 2.30. The summed E-state index contributed by atoms with van der Waals surface area (Å²) in [5.74, 6) is 0.645. The molecule has 2 N–H and O–H groups in total. The van der Waals surface area contributed by atoms with Crippen molar-refractivity contribution >= 4 is 38.4 Å². The number of pyridine rings is 3. The summed E-state index contributed by atoms with van der Waals surface area (Å²) in [6.07, 6.45) is 10.4. The van der Waals surface area contributed by atoms with Crippen molar-refractivity contribution in [1.82, 2.24) is 19.5 Å². The number of allylic oxidation sites excluding steroid dienone is 3. The molecule has 0 fully saturated rings. The van der Waals surface area contributed by atoms with Crippen LogP contribution in [0.2, 0.25) is 0 Å². The zero-order valence-electron chi connectivity index (χ0n) is 25.7. The smallest absolute Gasteiger partial charge is 0.108 e. The number of hydrogen-bond acceptors (Lipinski definition) is 4. The summed E-state index contributed by atoms with van der Waals surface area (Å²) in [5.41, 5.74) is 15.7. The first-order valence-electron chi connectivity index (χ1n) is 15.7. The molecule has 0 atom stereocenters. The van der Waals surface area contributed by atoms with Crippen LogP contribution in [0.5, 0.6) is 0 Å². The van der Waals surface area contributed by atoms with Gasteiger partial charge in [-0.25, -0.2) is 4.98 Å². The fraction of sp³-hybridized carbons (Fsp3) is 0.0238. The summed E-state index contributed by atoms with van der Waals surface area (Å²) in [6.45, 7) is 0. The van der Waals surface area contributed by atoms with E-state index >= 15 is 0 Å². The Morgan fingerprint density at radius 3 is 2.19 bits per heavy atom. The lowest BCUT2D eigenvalue weighted by Crippen LogP contribution is -2.05. The van der Waals surface area contributed by atoms with Gasteiger partial charge in [-0.15, -0.1) is 0 Å². The summed E-state index contributed by atoms with van der Waals surface area (Å²) in [5, 5.41) is 4.71. The molecule has 0 amide bonds. The van der Waals surface area contributed by atoms with Crippen molar-refractivity contribution in [3.63, 3.8) is 0 Å². The SMILES string of the molecule is N/C(=C\C=C/Cc1cccc(-c2cccc(-c3ccc(-c4ccc5ccccc5c4)cc3)n2)n1)n1c2ccccc2c2cnccc21. The van der Waals surface area contributed by atoms with E-state index in [1.807, 2.05) is 72.9 Å². The molecular weight excluding hydrogens is 574 g/mol. The van der Waals surface area contributed by atoms with Gasteiger partial charge in [-0.05, 0) is 70.4 Å². The maximum absolute atomic E-state index is 6.60. The molecule has 5 nitrogen and oxygen atoms in total. The lowest BCUT2D eigenvalue weighted by Gasteiger charge is -2.08. The third kappa shape index (κ3) is 5.55. The van der Waals surface area contributed by atoms with Crippen LogP contribution in [-0.2, 0) is 6.42 Å². The summed E-state index contributed by atoms with van der Waals surface area (Å²) in [7, 11) is 0. The van der Waals surface area contributed by atoms with Gasteiger partial charge in [0.15, 0.2) is 0 Å². The molecule has 0 saturated carbocycles. The minimum Gasteiger partial charge on any atom is -0.385 e. The predicted molar refractivity (Wildman–Crippen MR) is 194 cm³/mol. The highest BCUT2D eigenvalue weighted by atomic mass is 15.1. The Balaban J connectivity index is 0.993. The Kier molecular flexibility index (Phi) is 7.32. The zero-order chi connectivity index (χ0) is 31.6. The van der Waals surface area contributed by atoms with Gasteiger partial charge in [-0.1, -0.05) is 103 Å². The molecule has 224 valence electrons.